The molecule has 2 aromatic carbocycles. The number of hydrogen-bond acceptors (Lipinski definition) is 6. The van der Waals surface area contributed by atoms with Crippen molar-refractivity contribution in [2.75, 3.05) is 37.6 Å². The molecule has 1 aliphatic rings. The molecular formula is C24H26N4O2S. The number of thiophene rings is 1. The molecule has 0 saturated carbocycles. The van der Waals surface area contributed by atoms with Crippen molar-refractivity contribution < 1.29 is 5.11 Å². The van der Waals surface area contributed by atoms with E-state index in [1.165, 1.54) is 21.8 Å². The number of fused-ring (bicyclic) bond motifs is 2. The Hall–Kier alpha value is -2.90. The summed E-state index contributed by atoms with van der Waals surface area (Å²) in [6.07, 6.45) is 3.59. The highest BCUT2D eigenvalue weighted by Crippen LogP contribution is 2.31. The van der Waals surface area contributed by atoms with Crippen LogP contribution in [0.25, 0.3) is 21.0 Å². The highest BCUT2D eigenvalue weighted by molar-refractivity contribution is 7.17. The minimum absolute atomic E-state index is 0.0860. The van der Waals surface area contributed by atoms with Crippen LogP contribution in [-0.4, -0.2) is 52.3 Å². The third kappa shape index (κ3) is 4.16. The molecule has 160 valence electrons. The van der Waals surface area contributed by atoms with Gasteiger partial charge in [-0.2, -0.15) is 0 Å². The van der Waals surface area contributed by atoms with Crippen LogP contribution in [0, 0.1) is 0 Å². The molecule has 31 heavy (non-hydrogen) atoms. The minimum atomic E-state index is -0.0860. The molecule has 0 bridgehead atoms. The summed E-state index contributed by atoms with van der Waals surface area (Å²) in [5.41, 5.74) is 1.89. The summed E-state index contributed by atoms with van der Waals surface area (Å²) in [5, 5.41) is 13.7. The van der Waals surface area contributed by atoms with Gasteiger partial charge in [0.1, 0.15) is 5.75 Å². The third-order valence-electron chi connectivity index (χ3n) is 6.12. The average Bonchev–Trinajstić information content (AvgIpc) is 3.28. The molecule has 3 heterocycles. The van der Waals surface area contributed by atoms with Crippen LogP contribution in [0.5, 0.6) is 5.75 Å². The first-order chi connectivity index (χ1) is 15.2. The van der Waals surface area contributed by atoms with Crippen LogP contribution in [0.2, 0.25) is 0 Å². The summed E-state index contributed by atoms with van der Waals surface area (Å²) in [6, 6.07) is 13.5. The number of hydrogen-bond donors (Lipinski definition) is 1. The first kappa shape index (κ1) is 20.0. The lowest BCUT2D eigenvalue weighted by atomic mass is 10.1. The van der Waals surface area contributed by atoms with Gasteiger partial charge in [-0.3, -0.25) is 14.3 Å². The monoisotopic (exact) mass is 434 g/mol. The molecule has 1 fully saturated rings. The van der Waals surface area contributed by atoms with E-state index in [0.717, 1.165) is 45.6 Å². The molecule has 4 aromatic rings. The Morgan fingerprint density at radius 3 is 2.68 bits per heavy atom. The van der Waals surface area contributed by atoms with Gasteiger partial charge in [0.15, 0.2) is 0 Å². The van der Waals surface area contributed by atoms with Crippen LogP contribution in [0.3, 0.4) is 0 Å². The number of phenols is 1. The zero-order valence-corrected chi connectivity index (χ0v) is 18.2. The lowest BCUT2D eigenvalue weighted by Gasteiger charge is -2.36. The van der Waals surface area contributed by atoms with E-state index in [1.54, 1.807) is 34.4 Å². The average molecular weight is 435 g/mol. The number of aryl methyl sites for hydroxylation is 1. The van der Waals surface area contributed by atoms with Crippen LogP contribution in [-0.2, 0) is 6.54 Å². The zero-order chi connectivity index (χ0) is 21.2. The third-order valence-corrected chi connectivity index (χ3v) is 7.00. The lowest BCUT2D eigenvalue weighted by Crippen LogP contribution is -2.46. The molecule has 1 saturated heterocycles. The molecule has 1 N–H and O–H groups in total. The van der Waals surface area contributed by atoms with Crippen LogP contribution >= 0.6 is 11.3 Å². The molecule has 0 aliphatic carbocycles. The molecule has 0 unspecified atom stereocenters. The lowest BCUT2D eigenvalue weighted by molar-refractivity contribution is 0.251. The van der Waals surface area contributed by atoms with Gasteiger partial charge < -0.3 is 10.0 Å². The standard InChI is InChI=1S/C24H26N4O2S/c29-18-6-7-21-20(16-18)24(30)28(17-25-21)10-2-1-9-26-11-13-27(14-12-26)22-4-3-5-23-19(22)8-15-31-23/h3-8,15-17,29H,1-2,9-14H2. The minimum Gasteiger partial charge on any atom is -0.508 e. The van der Waals surface area contributed by atoms with E-state index in [-0.39, 0.29) is 11.3 Å². The fourth-order valence-corrected chi connectivity index (χ4v) is 5.20. The number of rotatable bonds is 6. The van der Waals surface area contributed by atoms with Crippen molar-refractivity contribution in [2.45, 2.75) is 19.4 Å². The first-order valence-electron chi connectivity index (χ1n) is 10.8. The Morgan fingerprint density at radius 1 is 0.968 bits per heavy atom. The van der Waals surface area contributed by atoms with Gasteiger partial charge in [-0.1, -0.05) is 6.07 Å². The summed E-state index contributed by atoms with van der Waals surface area (Å²) in [7, 11) is 0. The Bertz CT molecular complexity index is 1260. The topological polar surface area (TPSA) is 61.6 Å². The molecule has 0 radical (unpaired) electrons. The second-order valence-corrected chi connectivity index (χ2v) is 9.04. The molecule has 0 spiro atoms. The van der Waals surface area contributed by atoms with E-state index < -0.39 is 0 Å². The van der Waals surface area contributed by atoms with E-state index in [9.17, 15) is 9.90 Å². The maximum atomic E-state index is 12.6. The first-order valence-corrected chi connectivity index (χ1v) is 11.7. The second-order valence-electron chi connectivity index (χ2n) is 8.09. The van der Waals surface area contributed by atoms with Crippen molar-refractivity contribution in [1.29, 1.82) is 0 Å². The van der Waals surface area contributed by atoms with Crippen molar-refractivity contribution in [3.8, 4) is 5.75 Å². The number of phenolic OH excluding ortho intramolecular Hbond substituents is 1. The Labute approximate surface area is 185 Å². The van der Waals surface area contributed by atoms with E-state index >= 15 is 0 Å². The smallest absolute Gasteiger partial charge is 0.261 e. The fourth-order valence-electron chi connectivity index (χ4n) is 4.39. The number of aromatic nitrogens is 2. The Balaban J connectivity index is 1.12. The zero-order valence-electron chi connectivity index (χ0n) is 17.4. The molecule has 7 heteroatoms. The number of benzene rings is 2. The van der Waals surface area contributed by atoms with Gasteiger partial charge in [0.25, 0.3) is 5.56 Å². The van der Waals surface area contributed by atoms with Crippen molar-refractivity contribution in [2.24, 2.45) is 0 Å². The van der Waals surface area contributed by atoms with E-state index in [2.05, 4.69) is 44.4 Å². The molecule has 5 rings (SSSR count). The molecule has 2 aromatic heterocycles. The second kappa shape index (κ2) is 8.69. The van der Waals surface area contributed by atoms with Crippen molar-refractivity contribution >= 4 is 38.0 Å². The predicted octanol–water partition coefficient (Wildman–Crippen LogP) is 3.92. The maximum absolute atomic E-state index is 12.6. The SMILES string of the molecule is O=c1c2cc(O)ccc2ncn1CCCCN1CCN(c2cccc3sccc23)CC1. The van der Waals surface area contributed by atoms with Crippen LogP contribution in [0.1, 0.15) is 12.8 Å². The maximum Gasteiger partial charge on any atom is 0.261 e. The summed E-state index contributed by atoms with van der Waals surface area (Å²) in [4.78, 5) is 22.0. The largest absolute Gasteiger partial charge is 0.508 e. The summed E-state index contributed by atoms with van der Waals surface area (Å²) in [5.74, 6) is 0.0959. The summed E-state index contributed by atoms with van der Waals surface area (Å²) >= 11 is 1.80. The summed E-state index contributed by atoms with van der Waals surface area (Å²) in [6.45, 7) is 5.93. The van der Waals surface area contributed by atoms with E-state index in [0.29, 0.717) is 17.4 Å². The van der Waals surface area contributed by atoms with Gasteiger partial charge in [0, 0.05) is 48.5 Å². The van der Waals surface area contributed by atoms with E-state index in [1.807, 2.05) is 0 Å². The number of unbranched alkanes of at least 4 members (excludes halogenated alkanes) is 1. The van der Waals surface area contributed by atoms with Crippen LogP contribution < -0.4 is 10.5 Å². The fraction of sp³-hybridized carbons (Fsp3) is 0.333. The van der Waals surface area contributed by atoms with Gasteiger partial charge >= 0.3 is 0 Å². The molecular weight excluding hydrogens is 408 g/mol. The molecule has 1 aliphatic heterocycles. The number of aromatic hydroxyl groups is 1. The summed E-state index contributed by atoms with van der Waals surface area (Å²) < 4.78 is 3.01. The van der Waals surface area contributed by atoms with Crippen molar-refractivity contribution in [3.63, 3.8) is 0 Å². The van der Waals surface area contributed by atoms with Crippen molar-refractivity contribution in [1.82, 2.24) is 14.5 Å². The van der Waals surface area contributed by atoms with Gasteiger partial charge in [-0.05, 0) is 61.2 Å². The highest BCUT2D eigenvalue weighted by Gasteiger charge is 2.18. The number of nitrogens with zero attached hydrogens (tertiary/aromatic N) is 4. The molecule has 0 amide bonds. The van der Waals surface area contributed by atoms with E-state index in [4.69, 9.17) is 0 Å². The van der Waals surface area contributed by atoms with Gasteiger partial charge in [0.2, 0.25) is 0 Å². The Kier molecular flexibility index (Phi) is 5.61. The molecule has 0 atom stereocenters. The predicted molar refractivity (Wildman–Crippen MR) is 127 cm³/mol. The normalized spacial score (nSPS) is 15.2. The van der Waals surface area contributed by atoms with Crippen LogP contribution in [0.4, 0.5) is 5.69 Å². The van der Waals surface area contributed by atoms with Gasteiger partial charge in [0.05, 0.1) is 17.2 Å². The van der Waals surface area contributed by atoms with Gasteiger partial charge in [-0.25, -0.2) is 4.98 Å². The van der Waals surface area contributed by atoms with Crippen LogP contribution in [0.15, 0.2) is 59.0 Å². The Morgan fingerprint density at radius 2 is 1.81 bits per heavy atom. The highest BCUT2D eigenvalue weighted by atomic mass is 32.1. The quantitative estimate of drug-likeness (QED) is 0.466. The number of piperazine rings is 1. The van der Waals surface area contributed by atoms with Crippen molar-refractivity contribution in [3.05, 3.63) is 64.5 Å². The number of anilines is 1. The molecule has 6 nitrogen and oxygen atoms in total. The van der Waals surface area contributed by atoms with Gasteiger partial charge in [-0.15, -0.1) is 11.3 Å².